The second-order valence-electron chi connectivity index (χ2n) is 9.66. The molecule has 0 heterocycles. The Kier molecular flexibility index (Phi) is 16.1. The van der Waals surface area contributed by atoms with Gasteiger partial charge in [-0.1, -0.05) is 34.1 Å². The molecule has 12 N–H and O–H groups in total. The van der Waals surface area contributed by atoms with Gasteiger partial charge in [0.05, 0.1) is 6.04 Å². The molecule has 4 atom stereocenters. The van der Waals surface area contributed by atoms with Crippen LogP contribution in [0.4, 0.5) is 0 Å². The van der Waals surface area contributed by atoms with Gasteiger partial charge in [-0.25, -0.2) is 4.79 Å². The minimum absolute atomic E-state index is 0.0225. The number of aliphatic imine (C=N–C) groups is 1. The standard InChI is InChI=1S/C23H46N8O5/c1-13(2)12-17(20(33)29-16(22(35)36)9-7-11-28-23(26)27)30-21(34)18(14(3)4)31-19(32)15(25)8-5-6-10-24/h13-18H,5-12,24-25H2,1-4H3,(H,29,33)(H,30,34)(H,31,32)(H,35,36)(H4,26,27,28)/t15-,16-,17-,18-/m0/s1. The summed E-state index contributed by atoms with van der Waals surface area (Å²) in [5.74, 6) is -3.21. The third-order valence-corrected chi connectivity index (χ3v) is 5.45. The van der Waals surface area contributed by atoms with Crippen LogP contribution in [0.3, 0.4) is 0 Å². The normalized spacial score (nSPS) is 14.4. The Morgan fingerprint density at radius 1 is 0.833 bits per heavy atom. The van der Waals surface area contributed by atoms with E-state index >= 15 is 0 Å². The molecule has 0 aliphatic heterocycles. The van der Waals surface area contributed by atoms with Crippen molar-refractivity contribution < 1.29 is 24.3 Å². The monoisotopic (exact) mass is 514 g/mol. The SMILES string of the molecule is CC(C)C[C@H](NC(=O)[C@@H](NC(=O)[C@@H](N)CCCCN)C(C)C)C(=O)N[C@@H](CCCN=C(N)N)C(=O)O. The Hall–Kier alpha value is -2.93. The molecule has 0 aromatic carbocycles. The average molecular weight is 515 g/mol. The third kappa shape index (κ3) is 13.8. The van der Waals surface area contributed by atoms with Crippen molar-refractivity contribution in [1.82, 2.24) is 16.0 Å². The van der Waals surface area contributed by atoms with E-state index in [1.165, 1.54) is 0 Å². The number of nitrogens with zero attached hydrogens (tertiary/aromatic N) is 1. The number of carbonyl (C=O) groups excluding carboxylic acids is 3. The largest absolute Gasteiger partial charge is 0.480 e. The van der Waals surface area contributed by atoms with Gasteiger partial charge in [0.15, 0.2) is 5.96 Å². The van der Waals surface area contributed by atoms with E-state index in [1.807, 2.05) is 13.8 Å². The van der Waals surface area contributed by atoms with Gasteiger partial charge in [-0.05, 0) is 50.5 Å². The molecule has 3 amide bonds. The number of hydrogen-bond acceptors (Lipinski definition) is 7. The van der Waals surface area contributed by atoms with Gasteiger partial charge in [-0.2, -0.15) is 0 Å². The maximum atomic E-state index is 13.1. The lowest BCUT2D eigenvalue weighted by molar-refractivity contribution is -0.142. The number of carbonyl (C=O) groups is 4. The number of amides is 3. The average Bonchev–Trinajstić information content (AvgIpc) is 2.77. The van der Waals surface area contributed by atoms with Crippen molar-refractivity contribution in [1.29, 1.82) is 0 Å². The van der Waals surface area contributed by atoms with Crippen LogP contribution in [0.1, 0.15) is 66.2 Å². The van der Waals surface area contributed by atoms with Crippen LogP contribution in [0.15, 0.2) is 4.99 Å². The number of rotatable bonds is 18. The zero-order valence-electron chi connectivity index (χ0n) is 22.0. The van der Waals surface area contributed by atoms with Crippen molar-refractivity contribution in [3.8, 4) is 0 Å². The Morgan fingerprint density at radius 3 is 1.94 bits per heavy atom. The van der Waals surface area contributed by atoms with Crippen molar-refractivity contribution in [3.05, 3.63) is 0 Å². The quantitative estimate of drug-likeness (QED) is 0.0617. The number of unbranched alkanes of at least 4 members (excludes halogenated alkanes) is 1. The highest BCUT2D eigenvalue weighted by atomic mass is 16.4. The van der Waals surface area contributed by atoms with Crippen LogP contribution in [0.5, 0.6) is 0 Å². The first-order chi connectivity index (χ1) is 16.8. The van der Waals surface area contributed by atoms with Gasteiger partial charge >= 0.3 is 5.97 Å². The molecule has 0 spiro atoms. The summed E-state index contributed by atoms with van der Waals surface area (Å²) in [5.41, 5.74) is 21.9. The summed E-state index contributed by atoms with van der Waals surface area (Å²) in [6, 6.07) is -3.87. The fraction of sp³-hybridized carbons (Fsp3) is 0.783. The number of aliphatic carboxylic acids is 1. The van der Waals surface area contributed by atoms with Crippen molar-refractivity contribution in [2.75, 3.05) is 13.1 Å². The van der Waals surface area contributed by atoms with Crippen molar-refractivity contribution >= 4 is 29.7 Å². The summed E-state index contributed by atoms with van der Waals surface area (Å²) >= 11 is 0. The second kappa shape index (κ2) is 17.5. The van der Waals surface area contributed by atoms with Crippen LogP contribution in [0, 0.1) is 11.8 Å². The van der Waals surface area contributed by atoms with Crippen LogP contribution in [-0.4, -0.2) is 72.0 Å². The summed E-state index contributed by atoms with van der Waals surface area (Å²) < 4.78 is 0. The molecule has 0 aliphatic carbocycles. The molecule has 0 saturated heterocycles. The smallest absolute Gasteiger partial charge is 0.326 e. The van der Waals surface area contributed by atoms with Gasteiger partial charge in [0.1, 0.15) is 18.1 Å². The second-order valence-corrected chi connectivity index (χ2v) is 9.66. The molecule has 0 fully saturated rings. The Morgan fingerprint density at radius 2 is 1.44 bits per heavy atom. The number of carboxylic acids is 1. The molecule has 13 heteroatoms. The molecule has 208 valence electrons. The summed E-state index contributed by atoms with van der Waals surface area (Å²) in [6.45, 7) is 8.00. The minimum atomic E-state index is -1.21. The fourth-order valence-electron chi connectivity index (χ4n) is 3.43. The highest BCUT2D eigenvalue weighted by Crippen LogP contribution is 2.10. The summed E-state index contributed by atoms with van der Waals surface area (Å²) in [7, 11) is 0. The summed E-state index contributed by atoms with van der Waals surface area (Å²) in [6.07, 6.45) is 2.59. The van der Waals surface area contributed by atoms with E-state index in [0.29, 0.717) is 25.8 Å². The zero-order valence-corrected chi connectivity index (χ0v) is 22.0. The van der Waals surface area contributed by atoms with E-state index in [2.05, 4.69) is 20.9 Å². The maximum Gasteiger partial charge on any atom is 0.326 e. The Labute approximate surface area is 213 Å². The van der Waals surface area contributed by atoms with Crippen LogP contribution in [0.2, 0.25) is 0 Å². The number of carboxylic acid groups (broad SMARTS) is 1. The number of hydrogen-bond donors (Lipinski definition) is 8. The molecule has 0 rings (SSSR count). The first-order valence-corrected chi connectivity index (χ1v) is 12.4. The van der Waals surface area contributed by atoms with E-state index < -0.39 is 47.9 Å². The topological polar surface area (TPSA) is 241 Å². The van der Waals surface area contributed by atoms with Crippen LogP contribution >= 0.6 is 0 Å². The predicted molar refractivity (Wildman–Crippen MR) is 139 cm³/mol. The van der Waals surface area contributed by atoms with Crippen LogP contribution < -0.4 is 38.9 Å². The lowest BCUT2D eigenvalue weighted by Crippen LogP contribution is -2.58. The van der Waals surface area contributed by atoms with Crippen LogP contribution in [-0.2, 0) is 19.2 Å². The summed E-state index contributed by atoms with van der Waals surface area (Å²) in [5, 5.41) is 17.4. The summed E-state index contributed by atoms with van der Waals surface area (Å²) in [4.78, 5) is 54.0. The van der Waals surface area contributed by atoms with E-state index in [1.54, 1.807) is 13.8 Å². The molecule has 0 aliphatic rings. The molecule has 0 radical (unpaired) electrons. The van der Waals surface area contributed by atoms with Gasteiger partial charge in [-0.3, -0.25) is 19.4 Å². The first-order valence-electron chi connectivity index (χ1n) is 12.4. The highest BCUT2D eigenvalue weighted by molar-refractivity contribution is 5.94. The first kappa shape index (κ1) is 33.1. The minimum Gasteiger partial charge on any atom is -0.480 e. The zero-order chi connectivity index (χ0) is 27.8. The van der Waals surface area contributed by atoms with Crippen molar-refractivity contribution in [3.63, 3.8) is 0 Å². The Bertz CT molecular complexity index is 740. The molecule has 0 aromatic rings. The highest BCUT2D eigenvalue weighted by Gasteiger charge is 2.31. The van der Waals surface area contributed by atoms with Gasteiger partial charge in [0.25, 0.3) is 0 Å². The third-order valence-electron chi connectivity index (χ3n) is 5.45. The molecule has 13 nitrogen and oxygen atoms in total. The molecule has 0 saturated carbocycles. The maximum absolute atomic E-state index is 13.1. The van der Waals surface area contributed by atoms with Crippen LogP contribution in [0.25, 0.3) is 0 Å². The van der Waals surface area contributed by atoms with E-state index in [-0.39, 0.29) is 37.2 Å². The Balaban J connectivity index is 5.33. The van der Waals surface area contributed by atoms with Gasteiger partial charge in [0.2, 0.25) is 17.7 Å². The van der Waals surface area contributed by atoms with Gasteiger partial charge in [-0.15, -0.1) is 0 Å². The van der Waals surface area contributed by atoms with Crippen molar-refractivity contribution in [2.45, 2.75) is 90.4 Å². The molecular formula is C23H46N8O5. The lowest BCUT2D eigenvalue weighted by Gasteiger charge is -2.27. The molecule has 0 unspecified atom stereocenters. The van der Waals surface area contributed by atoms with Crippen molar-refractivity contribution in [2.24, 2.45) is 39.8 Å². The molecule has 0 aromatic heterocycles. The molecule has 36 heavy (non-hydrogen) atoms. The number of nitrogens with one attached hydrogen (secondary N) is 3. The van der Waals surface area contributed by atoms with Gasteiger partial charge in [0, 0.05) is 6.54 Å². The predicted octanol–water partition coefficient (Wildman–Crippen LogP) is -1.26. The number of nitrogens with two attached hydrogens (primary N) is 4. The van der Waals surface area contributed by atoms with E-state index in [4.69, 9.17) is 22.9 Å². The lowest BCUT2D eigenvalue weighted by atomic mass is 9.99. The van der Waals surface area contributed by atoms with E-state index in [0.717, 1.165) is 6.42 Å². The van der Waals surface area contributed by atoms with Gasteiger partial charge < -0.3 is 44.0 Å². The molecular weight excluding hydrogens is 468 g/mol. The molecule has 0 bridgehead atoms. The number of guanidine groups is 1. The van der Waals surface area contributed by atoms with E-state index in [9.17, 15) is 24.3 Å². The fourth-order valence-corrected chi connectivity index (χ4v) is 3.43.